The monoisotopic (exact) mass is 298 g/mol. The Labute approximate surface area is 126 Å². The van der Waals surface area contributed by atoms with E-state index in [1.807, 2.05) is 13.8 Å². The van der Waals surface area contributed by atoms with Gasteiger partial charge in [-0.05, 0) is 46.0 Å². The number of carbonyl (C=O) groups is 2. The number of aliphatic carboxylic acids is 1. The van der Waals surface area contributed by atoms with Gasteiger partial charge >= 0.3 is 11.9 Å². The van der Waals surface area contributed by atoms with Gasteiger partial charge in [0.25, 0.3) is 0 Å². The zero-order valence-electron chi connectivity index (χ0n) is 13.3. The van der Waals surface area contributed by atoms with E-state index in [0.717, 1.165) is 19.3 Å². The number of hydrogen-bond acceptors (Lipinski definition) is 4. The van der Waals surface area contributed by atoms with Crippen molar-refractivity contribution in [2.45, 2.75) is 77.6 Å². The summed E-state index contributed by atoms with van der Waals surface area (Å²) in [4.78, 5) is 23.6. The second-order valence-electron chi connectivity index (χ2n) is 6.81. The SMILES string of the molecule is CCC(CC)(OC(=O)C(C)(C)C(=O)O)C1CC2CCC1O2. The van der Waals surface area contributed by atoms with Gasteiger partial charge in [0.05, 0.1) is 12.2 Å². The molecule has 2 aliphatic heterocycles. The molecule has 3 atom stereocenters. The van der Waals surface area contributed by atoms with Crippen LogP contribution in [0.15, 0.2) is 0 Å². The smallest absolute Gasteiger partial charge is 0.323 e. The van der Waals surface area contributed by atoms with Gasteiger partial charge in [-0.15, -0.1) is 0 Å². The number of carboxylic acid groups (broad SMARTS) is 1. The molecule has 1 N–H and O–H groups in total. The molecular formula is C16H26O5. The molecule has 2 heterocycles. The highest BCUT2D eigenvalue weighted by Crippen LogP contribution is 2.48. The normalized spacial score (nSPS) is 28.7. The molecule has 21 heavy (non-hydrogen) atoms. The second kappa shape index (κ2) is 5.59. The third kappa shape index (κ3) is 2.68. The van der Waals surface area contributed by atoms with Crippen LogP contribution in [0, 0.1) is 11.3 Å². The molecule has 0 aromatic rings. The van der Waals surface area contributed by atoms with Gasteiger partial charge in [-0.25, -0.2) is 0 Å². The van der Waals surface area contributed by atoms with E-state index >= 15 is 0 Å². The summed E-state index contributed by atoms with van der Waals surface area (Å²) in [7, 11) is 0. The molecular weight excluding hydrogens is 272 g/mol. The lowest BCUT2D eigenvalue weighted by Gasteiger charge is -2.41. The van der Waals surface area contributed by atoms with Crippen molar-refractivity contribution in [2.24, 2.45) is 11.3 Å². The fourth-order valence-corrected chi connectivity index (χ4v) is 3.59. The Balaban J connectivity index is 2.19. The van der Waals surface area contributed by atoms with Gasteiger partial charge in [0.1, 0.15) is 5.60 Å². The minimum Gasteiger partial charge on any atom is -0.480 e. The Kier molecular flexibility index (Phi) is 4.34. The minimum absolute atomic E-state index is 0.149. The van der Waals surface area contributed by atoms with E-state index in [1.165, 1.54) is 13.8 Å². The molecule has 5 heteroatoms. The summed E-state index contributed by atoms with van der Waals surface area (Å²) in [5.74, 6) is -1.63. The number of carboxylic acids is 1. The predicted molar refractivity (Wildman–Crippen MR) is 76.8 cm³/mol. The molecule has 0 aliphatic carbocycles. The number of hydrogen-bond donors (Lipinski definition) is 1. The maximum atomic E-state index is 12.4. The largest absolute Gasteiger partial charge is 0.480 e. The molecule has 2 saturated heterocycles. The summed E-state index contributed by atoms with van der Waals surface area (Å²) in [5.41, 5.74) is -2.13. The Morgan fingerprint density at radius 2 is 1.86 bits per heavy atom. The first-order chi connectivity index (χ1) is 9.76. The Morgan fingerprint density at radius 1 is 1.24 bits per heavy atom. The lowest BCUT2D eigenvalue weighted by Crippen LogP contribution is -2.49. The topological polar surface area (TPSA) is 72.8 Å². The lowest BCUT2D eigenvalue weighted by atomic mass is 9.73. The van der Waals surface area contributed by atoms with E-state index in [-0.39, 0.29) is 18.1 Å². The van der Waals surface area contributed by atoms with Crippen LogP contribution in [0.1, 0.15) is 59.8 Å². The Hall–Kier alpha value is -1.10. The first-order valence-electron chi connectivity index (χ1n) is 7.89. The van der Waals surface area contributed by atoms with Crippen LogP contribution in [-0.2, 0) is 19.1 Å². The summed E-state index contributed by atoms with van der Waals surface area (Å²) in [6, 6.07) is 0. The summed E-state index contributed by atoms with van der Waals surface area (Å²) in [5, 5.41) is 9.20. The van der Waals surface area contributed by atoms with Gasteiger partial charge in [0.2, 0.25) is 0 Å². The average Bonchev–Trinajstić information content (AvgIpc) is 3.07. The highest BCUT2D eigenvalue weighted by Gasteiger charge is 2.53. The number of fused-ring (bicyclic) bond motifs is 2. The van der Waals surface area contributed by atoms with Crippen molar-refractivity contribution in [1.82, 2.24) is 0 Å². The predicted octanol–water partition coefficient (Wildman–Crippen LogP) is 2.77. The third-order valence-electron chi connectivity index (χ3n) is 5.32. The number of ether oxygens (including phenoxy) is 2. The van der Waals surface area contributed by atoms with Gasteiger partial charge in [-0.3, -0.25) is 9.59 Å². The van der Waals surface area contributed by atoms with Gasteiger partial charge in [-0.2, -0.15) is 0 Å². The quantitative estimate of drug-likeness (QED) is 0.603. The van der Waals surface area contributed by atoms with Crippen molar-refractivity contribution >= 4 is 11.9 Å². The maximum Gasteiger partial charge on any atom is 0.323 e. The van der Waals surface area contributed by atoms with E-state index < -0.39 is 23.0 Å². The average molecular weight is 298 g/mol. The number of carbonyl (C=O) groups excluding carboxylic acids is 1. The molecule has 0 amide bonds. The van der Waals surface area contributed by atoms with E-state index in [0.29, 0.717) is 12.8 Å². The molecule has 0 aromatic heterocycles. The molecule has 0 spiro atoms. The van der Waals surface area contributed by atoms with Gasteiger partial charge < -0.3 is 14.6 Å². The highest BCUT2D eigenvalue weighted by atomic mass is 16.6. The molecule has 120 valence electrons. The molecule has 0 saturated carbocycles. The van der Waals surface area contributed by atoms with Crippen molar-refractivity contribution in [3.05, 3.63) is 0 Å². The van der Waals surface area contributed by atoms with Gasteiger partial charge in [0, 0.05) is 5.92 Å². The summed E-state index contributed by atoms with van der Waals surface area (Å²) < 4.78 is 11.7. The summed E-state index contributed by atoms with van der Waals surface area (Å²) in [6.45, 7) is 6.78. The maximum absolute atomic E-state index is 12.4. The first kappa shape index (κ1) is 16.3. The van der Waals surface area contributed by atoms with Crippen LogP contribution in [0.4, 0.5) is 0 Å². The van der Waals surface area contributed by atoms with E-state index in [9.17, 15) is 14.7 Å². The van der Waals surface area contributed by atoms with Crippen LogP contribution in [0.3, 0.4) is 0 Å². The van der Waals surface area contributed by atoms with E-state index in [2.05, 4.69) is 0 Å². The van der Waals surface area contributed by atoms with Gasteiger partial charge in [0.15, 0.2) is 5.41 Å². The zero-order valence-corrected chi connectivity index (χ0v) is 13.3. The minimum atomic E-state index is -1.52. The third-order valence-corrected chi connectivity index (χ3v) is 5.32. The molecule has 2 fully saturated rings. The van der Waals surface area contributed by atoms with Crippen LogP contribution >= 0.6 is 0 Å². The molecule has 0 radical (unpaired) electrons. The Bertz CT molecular complexity index is 424. The lowest BCUT2D eigenvalue weighted by molar-refractivity contribution is -0.186. The molecule has 2 aliphatic rings. The molecule has 3 unspecified atom stereocenters. The van der Waals surface area contributed by atoms with E-state index in [1.54, 1.807) is 0 Å². The molecule has 2 rings (SSSR count). The zero-order chi connectivity index (χ0) is 15.8. The first-order valence-corrected chi connectivity index (χ1v) is 7.89. The second-order valence-corrected chi connectivity index (χ2v) is 6.81. The van der Waals surface area contributed by atoms with Crippen LogP contribution in [0.25, 0.3) is 0 Å². The highest BCUT2D eigenvalue weighted by molar-refractivity contribution is 5.98. The summed E-state index contributed by atoms with van der Waals surface area (Å²) in [6.07, 6.45) is 4.80. The molecule has 5 nitrogen and oxygen atoms in total. The van der Waals surface area contributed by atoms with Crippen molar-refractivity contribution in [1.29, 1.82) is 0 Å². The van der Waals surface area contributed by atoms with Crippen LogP contribution < -0.4 is 0 Å². The molecule has 0 aromatic carbocycles. The van der Waals surface area contributed by atoms with Crippen LogP contribution in [0.2, 0.25) is 0 Å². The Morgan fingerprint density at radius 3 is 2.24 bits per heavy atom. The van der Waals surface area contributed by atoms with Crippen molar-refractivity contribution < 1.29 is 24.2 Å². The van der Waals surface area contributed by atoms with Crippen molar-refractivity contribution in [2.75, 3.05) is 0 Å². The standard InChI is InChI=1S/C16H26O5/c1-5-16(6-2,11-9-10-7-8-12(11)20-10)21-14(19)15(3,4)13(17)18/h10-12H,5-9H2,1-4H3,(H,17,18). The summed E-state index contributed by atoms with van der Waals surface area (Å²) >= 11 is 0. The van der Waals surface area contributed by atoms with Crippen molar-refractivity contribution in [3.8, 4) is 0 Å². The van der Waals surface area contributed by atoms with Crippen LogP contribution in [0.5, 0.6) is 0 Å². The van der Waals surface area contributed by atoms with Crippen LogP contribution in [-0.4, -0.2) is 34.9 Å². The van der Waals surface area contributed by atoms with Crippen molar-refractivity contribution in [3.63, 3.8) is 0 Å². The fraction of sp³-hybridized carbons (Fsp3) is 0.875. The molecule has 2 bridgehead atoms. The number of esters is 1. The van der Waals surface area contributed by atoms with Gasteiger partial charge in [-0.1, -0.05) is 13.8 Å². The number of rotatable bonds is 6. The van der Waals surface area contributed by atoms with E-state index in [4.69, 9.17) is 9.47 Å². The fourth-order valence-electron chi connectivity index (χ4n) is 3.59.